The maximum absolute atomic E-state index is 13.4. The van der Waals surface area contributed by atoms with E-state index in [1.165, 1.54) is 0 Å². The van der Waals surface area contributed by atoms with Crippen molar-refractivity contribution in [1.29, 1.82) is 0 Å². The molecule has 1 rings (SSSR count). The van der Waals surface area contributed by atoms with Gasteiger partial charge in [0, 0.05) is 18.7 Å². The summed E-state index contributed by atoms with van der Waals surface area (Å²) in [5, 5.41) is 24.4. The van der Waals surface area contributed by atoms with Crippen LogP contribution >= 0.6 is 0 Å². The molecule has 3 amide bonds. The number of carbonyl (C=O) groups excluding carboxylic acids is 4. The van der Waals surface area contributed by atoms with Gasteiger partial charge in [0.15, 0.2) is 0 Å². The molecular weight excluding hydrogens is 470 g/mol. The molecule has 0 bridgehead atoms. The van der Waals surface area contributed by atoms with E-state index in [4.69, 9.17) is 15.9 Å². The quantitative estimate of drug-likeness (QED) is 0.236. The highest BCUT2D eigenvalue weighted by Gasteiger charge is 2.36. The number of hydrogen-bond acceptors (Lipinski definition) is 8. The molecule has 0 aliphatic heterocycles. The van der Waals surface area contributed by atoms with Crippen LogP contribution in [0.1, 0.15) is 51.3 Å². The average molecular weight is 506 g/mol. The van der Waals surface area contributed by atoms with E-state index in [1.807, 2.05) is 0 Å². The molecule has 0 fully saturated rings. The molecule has 0 aromatic heterocycles. The van der Waals surface area contributed by atoms with Crippen LogP contribution in [0.15, 0.2) is 24.3 Å². The zero-order valence-corrected chi connectivity index (χ0v) is 21.1. The number of nitrogens with zero attached hydrogens (tertiary/aromatic N) is 1. The molecule has 36 heavy (non-hydrogen) atoms. The minimum absolute atomic E-state index is 0.0763. The van der Waals surface area contributed by atoms with Crippen molar-refractivity contribution in [2.24, 2.45) is 0 Å². The molecule has 0 heterocycles. The smallest absolute Gasteiger partial charge is 0.408 e. The maximum atomic E-state index is 13.4. The van der Waals surface area contributed by atoms with Gasteiger partial charge in [-0.15, -0.1) is 6.42 Å². The van der Waals surface area contributed by atoms with Gasteiger partial charge in [-0.1, -0.05) is 24.1 Å². The number of aliphatic hydroxyl groups is 2. The van der Waals surface area contributed by atoms with Crippen molar-refractivity contribution < 1.29 is 38.9 Å². The highest BCUT2D eigenvalue weighted by Crippen LogP contribution is 2.25. The summed E-state index contributed by atoms with van der Waals surface area (Å²) in [5.74, 6) is 0.420. The Morgan fingerprint density at radius 1 is 1.17 bits per heavy atom. The largest absolute Gasteiger partial charge is 0.466 e. The molecular formula is C25H35N3O8. The summed E-state index contributed by atoms with van der Waals surface area (Å²) in [7, 11) is 0. The van der Waals surface area contributed by atoms with Crippen molar-refractivity contribution in [2.45, 2.75) is 51.8 Å². The Morgan fingerprint density at radius 2 is 1.83 bits per heavy atom. The predicted octanol–water partition coefficient (Wildman–Crippen LogP) is 0.485. The van der Waals surface area contributed by atoms with Crippen molar-refractivity contribution in [2.75, 3.05) is 32.9 Å². The van der Waals surface area contributed by atoms with E-state index in [-0.39, 0.29) is 31.7 Å². The van der Waals surface area contributed by atoms with Gasteiger partial charge >= 0.3 is 12.1 Å². The first-order valence-corrected chi connectivity index (χ1v) is 11.5. The first kappa shape index (κ1) is 30.4. The van der Waals surface area contributed by atoms with Crippen molar-refractivity contribution in [1.82, 2.24) is 15.5 Å². The highest BCUT2D eigenvalue weighted by molar-refractivity contribution is 5.92. The number of ether oxygens (including phenoxy) is 2. The van der Waals surface area contributed by atoms with Crippen LogP contribution in [0.3, 0.4) is 0 Å². The number of alkyl carbamates (subject to hydrolysis) is 1. The summed E-state index contributed by atoms with van der Waals surface area (Å²) in [5.41, 5.74) is -0.255. The Morgan fingerprint density at radius 3 is 2.39 bits per heavy atom. The third-order valence-corrected chi connectivity index (χ3v) is 4.70. The third kappa shape index (κ3) is 9.56. The average Bonchev–Trinajstić information content (AvgIpc) is 2.81. The van der Waals surface area contributed by atoms with Gasteiger partial charge in [0.1, 0.15) is 17.7 Å². The number of hydrogen-bond donors (Lipinski definition) is 4. The molecule has 11 nitrogen and oxygen atoms in total. The fourth-order valence-corrected chi connectivity index (χ4v) is 3.24. The predicted molar refractivity (Wildman–Crippen MR) is 130 cm³/mol. The monoisotopic (exact) mass is 505 g/mol. The molecule has 0 radical (unpaired) electrons. The van der Waals surface area contributed by atoms with Crippen molar-refractivity contribution in [3.63, 3.8) is 0 Å². The van der Waals surface area contributed by atoms with Crippen LogP contribution < -0.4 is 10.6 Å². The SMILES string of the molecule is C#Cc1ccccc1C(C(=O)NCCC(=O)OCC)N(CCO)C(=O)C(CO)NC(=O)OC(C)(C)C. The normalized spacial score (nSPS) is 12.5. The molecule has 1 aromatic rings. The van der Waals surface area contributed by atoms with Gasteiger partial charge < -0.3 is 35.2 Å². The summed E-state index contributed by atoms with van der Waals surface area (Å²) in [6, 6.07) is 3.61. The molecule has 198 valence electrons. The first-order chi connectivity index (χ1) is 17.0. The maximum Gasteiger partial charge on any atom is 0.408 e. The summed E-state index contributed by atoms with van der Waals surface area (Å²) < 4.78 is 10.0. The lowest BCUT2D eigenvalue weighted by Crippen LogP contribution is -2.55. The number of amides is 3. The second-order valence-electron chi connectivity index (χ2n) is 8.62. The number of esters is 1. The van der Waals surface area contributed by atoms with E-state index in [2.05, 4.69) is 16.6 Å². The Balaban J connectivity index is 3.33. The number of aliphatic hydroxyl groups excluding tert-OH is 2. The molecule has 0 saturated heterocycles. The van der Waals surface area contributed by atoms with Crippen LogP contribution in [0.5, 0.6) is 0 Å². The standard InChI is InChI=1S/C25H35N3O8/c1-6-17-10-8-9-11-18(17)21(22(32)26-13-12-20(31)35-7-2)28(14-15-29)23(33)19(16-30)27-24(34)36-25(3,4)5/h1,8-11,19,21,29-30H,7,12-16H2,2-5H3,(H,26,32)(H,27,34). The number of rotatable bonds is 12. The molecule has 0 saturated carbocycles. The van der Waals surface area contributed by atoms with Gasteiger partial charge in [-0.3, -0.25) is 14.4 Å². The zero-order chi connectivity index (χ0) is 27.3. The van der Waals surface area contributed by atoms with E-state index in [0.29, 0.717) is 5.56 Å². The molecule has 2 unspecified atom stereocenters. The van der Waals surface area contributed by atoms with E-state index >= 15 is 0 Å². The Hall–Kier alpha value is -3.62. The molecule has 1 aromatic carbocycles. The summed E-state index contributed by atoms with van der Waals surface area (Å²) in [6.45, 7) is 5.03. The summed E-state index contributed by atoms with van der Waals surface area (Å²) in [6.07, 6.45) is 4.57. The molecule has 4 N–H and O–H groups in total. The molecule has 11 heteroatoms. The van der Waals surface area contributed by atoms with Gasteiger partial charge in [0.2, 0.25) is 11.8 Å². The van der Waals surface area contributed by atoms with Gasteiger partial charge in [-0.05, 0) is 39.3 Å². The van der Waals surface area contributed by atoms with Crippen LogP contribution in [0.25, 0.3) is 0 Å². The molecule has 0 aliphatic rings. The van der Waals surface area contributed by atoms with Gasteiger partial charge in [0.05, 0.1) is 26.2 Å². The van der Waals surface area contributed by atoms with Crippen LogP contribution in [0, 0.1) is 12.3 Å². The van der Waals surface area contributed by atoms with Crippen molar-refractivity contribution in [3.05, 3.63) is 35.4 Å². The Kier molecular flexibility index (Phi) is 12.4. The fourth-order valence-electron chi connectivity index (χ4n) is 3.24. The lowest BCUT2D eigenvalue weighted by atomic mass is 9.97. The fraction of sp³-hybridized carbons (Fsp3) is 0.520. The topological polar surface area (TPSA) is 154 Å². The minimum Gasteiger partial charge on any atom is -0.466 e. The van der Waals surface area contributed by atoms with Crippen molar-refractivity contribution >= 4 is 23.9 Å². The second-order valence-corrected chi connectivity index (χ2v) is 8.62. The van der Waals surface area contributed by atoms with E-state index in [9.17, 15) is 29.4 Å². The number of benzene rings is 1. The highest BCUT2D eigenvalue weighted by atomic mass is 16.6. The van der Waals surface area contributed by atoms with Gasteiger partial charge in [0.25, 0.3) is 0 Å². The van der Waals surface area contributed by atoms with Gasteiger partial charge in [-0.2, -0.15) is 0 Å². The number of nitrogens with one attached hydrogen (secondary N) is 2. The molecule has 0 aliphatic carbocycles. The second kappa shape index (κ2) is 14.7. The first-order valence-electron chi connectivity index (χ1n) is 11.5. The number of terminal acetylenes is 1. The Bertz CT molecular complexity index is 951. The molecule has 2 atom stereocenters. The lowest BCUT2D eigenvalue weighted by Gasteiger charge is -2.34. The summed E-state index contributed by atoms with van der Waals surface area (Å²) >= 11 is 0. The van der Waals surface area contributed by atoms with Crippen LogP contribution in [0.2, 0.25) is 0 Å². The summed E-state index contributed by atoms with van der Waals surface area (Å²) in [4.78, 5) is 51.6. The van der Waals surface area contributed by atoms with E-state index in [1.54, 1.807) is 52.0 Å². The minimum atomic E-state index is -1.47. The Labute approximate surface area is 211 Å². The van der Waals surface area contributed by atoms with Crippen LogP contribution in [-0.2, 0) is 23.9 Å². The van der Waals surface area contributed by atoms with E-state index in [0.717, 1.165) is 4.90 Å². The number of carbonyl (C=O) groups is 4. The van der Waals surface area contributed by atoms with Crippen LogP contribution in [-0.4, -0.2) is 83.5 Å². The van der Waals surface area contributed by atoms with E-state index < -0.39 is 54.8 Å². The zero-order valence-electron chi connectivity index (χ0n) is 21.1. The van der Waals surface area contributed by atoms with Crippen molar-refractivity contribution in [3.8, 4) is 12.3 Å². The van der Waals surface area contributed by atoms with Gasteiger partial charge in [-0.25, -0.2) is 4.79 Å². The lowest BCUT2D eigenvalue weighted by molar-refractivity contribution is -0.145. The van der Waals surface area contributed by atoms with Crippen LogP contribution in [0.4, 0.5) is 4.79 Å². The third-order valence-electron chi connectivity index (χ3n) is 4.70. The molecule has 0 spiro atoms.